The van der Waals surface area contributed by atoms with Crippen LogP contribution in [0.3, 0.4) is 0 Å². The van der Waals surface area contributed by atoms with E-state index in [1.165, 1.54) is 6.26 Å². The summed E-state index contributed by atoms with van der Waals surface area (Å²) in [6, 6.07) is 0. The third-order valence-corrected chi connectivity index (χ3v) is 1.24. The van der Waals surface area contributed by atoms with E-state index in [0.29, 0.717) is 17.8 Å². The van der Waals surface area contributed by atoms with Gasteiger partial charge in [0.25, 0.3) is 0 Å². The second-order valence-corrected chi connectivity index (χ2v) is 2.77. The lowest BCUT2D eigenvalue weighted by Crippen LogP contribution is -2.11. The van der Waals surface area contributed by atoms with Crippen LogP contribution >= 0.6 is 0 Å². The van der Waals surface area contributed by atoms with E-state index < -0.39 is 11.8 Å². The fraction of sp³-hybridized carbons (Fsp3) is 0.400. The lowest BCUT2D eigenvalue weighted by Gasteiger charge is -1.94. The molecule has 0 aromatic carbocycles. The first-order chi connectivity index (χ1) is 6.82. The number of hydrogen-bond donors (Lipinski definition) is 2. The van der Waals surface area contributed by atoms with E-state index in [0.717, 1.165) is 0 Å². The van der Waals surface area contributed by atoms with Gasteiger partial charge in [-0.1, -0.05) is 6.58 Å². The molecule has 0 aromatic rings. The molecular formula is C10H18N2O3. The number of amides is 2. The van der Waals surface area contributed by atoms with Crippen LogP contribution in [0.2, 0.25) is 0 Å². The zero-order valence-electron chi connectivity index (χ0n) is 9.37. The summed E-state index contributed by atoms with van der Waals surface area (Å²) in [6.45, 7) is 8.86. The van der Waals surface area contributed by atoms with Crippen molar-refractivity contribution in [2.24, 2.45) is 11.5 Å². The average Bonchev–Trinajstić information content (AvgIpc) is 2.14. The van der Waals surface area contributed by atoms with Crippen molar-refractivity contribution in [2.75, 3.05) is 6.61 Å². The fourth-order valence-corrected chi connectivity index (χ4v) is 0.266. The SMILES string of the molecule is C=C(C)C(N)=O.CCOC=C(C)C(N)=O. The van der Waals surface area contributed by atoms with Gasteiger partial charge in [-0.05, 0) is 20.8 Å². The minimum absolute atomic E-state index is 0.398. The summed E-state index contributed by atoms with van der Waals surface area (Å²) in [5, 5.41) is 0. The Labute approximate surface area is 89.8 Å². The molecule has 15 heavy (non-hydrogen) atoms. The highest BCUT2D eigenvalue weighted by Gasteiger charge is 1.94. The minimum Gasteiger partial charge on any atom is -0.501 e. The van der Waals surface area contributed by atoms with Crippen molar-refractivity contribution in [2.45, 2.75) is 20.8 Å². The van der Waals surface area contributed by atoms with Crippen molar-refractivity contribution in [3.05, 3.63) is 24.0 Å². The van der Waals surface area contributed by atoms with Crippen molar-refractivity contribution in [1.82, 2.24) is 0 Å². The Hall–Kier alpha value is -1.78. The van der Waals surface area contributed by atoms with Crippen LogP contribution in [0.1, 0.15) is 20.8 Å². The van der Waals surface area contributed by atoms with E-state index in [1.54, 1.807) is 13.8 Å². The topological polar surface area (TPSA) is 95.4 Å². The molecule has 0 aromatic heterocycles. The van der Waals surface area contributed by atoms with Crippen molar-refractivity contribution < 1.29 is 14.3 Å². The molecule has 0 rings (SSSR count). The molecule has 0 aliphatic carbocycles. The predicted octanol–water partition coefficient (Wildman–Crippen LogP) is 0.460. The number of carbonyl (C=O) groups is 2. The van der Waals surface area contributed by atoms with Gasteiger partial charge in [0, 0.05) is 11.1 Å². The highest BCUT2D eigenvalue weighted by molar-refractivity contribution is 5.91. The van der Waals surface area contributed by atoms with Gasteiger partial charge in [-0.3, -0.25) is 9.59 Å². The van der Waals surface area contributed by atoms with Crippen LogP contribution in [0.25, 0.3) is 0 Å². The number of carbonyl (C=O) groups excluding carboxylic acids is 2. The summed E-state index contributed by atoms with van der Waals surface area (Å²) in [6.07, 6.45) is 1.36. The maximum Gasteiger partial charge on any atom is 0.247 e. The molecule has 86 valence electrons. The van der Waals surface area contributed by atoms with Gasteiger partial charge in [0.15, 0.2) is 0 Å². The van der Waals surface area contributed by atoms with E-state index in [-0.39, 0.29) is 0 Å². The first kappa shape index (κ1) is 15.7. The van der Waals surface area contributed by atoms with Gasteiger partial charge in [-0.25, -0.2) is 0 Å². The van der Waals surface area contributed by atoms with Crippen LogP contribution < -0.4 is 11.5 Å². The molecular weight excluding hydrogens is 196 g/mol. The summed E-state index contributed by atoms with van der Waals surface area (Å²) in [4.78, 5) is 20.1. The van der Waals surface area contributed by atoms with Gasteiger partial charge in [-0.2, -0.15) is 0 Å². The molecule has 2 amide bonds. The van der Waals surface area contributed by atoms with Gasteiger partial charge in [0.05, 0.1) is 12.9 Å². The van der Waals surface area contributed by atoms with Crippen molar-refractivity contribution in [1.29, 1.82) is 0 Å². The van der Waals surface area contributed by atoms with Crippen molar-refractivity contribution >= 4 is 11.8 Å². The molecule has 0 bridgehead atoms. The first-order valence-corrected chi connectivity index (χ1v) is 4.36. The van der Waals surface area contributed by atoms with Gasteiger partial charge >= 0.3 is 0 Å². The number of primary amides is 2. The Bertz CT molecular complexity index is 258. The largest absolute Gasteiger partial charge is 0.501 e. The Morgan fingerprint density at radius 1 is 1.27 bits per heavy atom. The monoisotopic (exact) mass is 214 g/mol. The number of nitrogens with two attached hydrogens (primary N) is 2. The van der Waals surface area contributed by atoms with Gasteiger partial charge in [-0.15, -0.1) is 0 Å². The summed E-state index contributed by atoms with van der Waals surface area (Å²) in [5.41, 5.74) is 10.4. The maximum absolute atomic E-state index is 10.3. The second kappa shape index (κ2) is 8.80. The smallest absolute Gasteiger partial charge is 0.247 e. The maximum atomic E-state index is 10.3. The molecule has 0 saturated carbocycles. The Morgan fingerprint density at radius 3 is 1.87 bits per heavy atom. The Morgan fingerprint density at radius 2 is 1.67 bits per heavy atom. The number of hydrogen-bond acceptors (Lipinski definition) is 3. The first-order valence-electron chi connectivity index (χ1n) is 4.36. The number of ether oxygens (including phenoxy) is 1. The van der Waals surface area contributed by atoms with Crippen LogP contribution in [0.15, 0.2) is 24.0 Å². The van der Waals surface area contributed by atoms with Crippen LogP contribution in [-0.4, -0.2) is 18.4 Å². The minimum atomic E-state index is -0.441. The fourth-order valence-electron chi connectivity index (χ4n) is 0.266. The standard InChI is InChI=1S/C6H11NO2.C4H7NO/c1-3-9-4-5(2)6(7)8;1-3(2)4(5)6/h4H,3H2,1-2H3,(H2,7,8);1H2,2H3,(H2,5,6). The van der Waals surface area contributed by atoms with Crippen molar-refractivity contribution in [3.63, 3.8) is 0 Å². The highest BCUT2D eigenvalue weighted by Crippen LogP contribution is 1.89. The predicted molar refractivity (Wildman–Crippen MR) is 58.6 cm³/mol. The molecule has 0 saturated heterocycles. The molecule has 0 heterocycles. The Balaban J connectivity index is 0. The van der Waals surface area contributed by atoms with E-state index in [1.807, 2.05) is 6.92 Å². The van der Waals surface area contributed by atoms with Crippen LogP contribution in [0.4, 0.5) is 0 Å². The van der Waals surface area contributed by atoms with Crippen LogP contribution in [-0.2, 0) is 14.3 Å². The van der Waals surface area contributed by atoms with Gasteiger partial charge in [0.2, 0.25) is 11.8 Å². The van der Waals surface area contributed by atoms with Crippen molar-refractivity contribution in [3.8, 4) is 0 Å². The third kappa shape index (κ3) is 12.2. The van der Waals surface area contributed by atoms with Gasteiger partial charge < -0.3 is 16.2 Å². The summed E-state index contributed by atoms with van der Waals surface area (Å²) < 4.78 is 4.79. The molecule has 0 atom stereocenters. The molecule has 0 unspecified atom stereocenters. The van der Waals surface area contributed by atoms with Gasteiger partial charge in [0.1, 0.15) is 0 Å². The molecule has 0 aliphatic rings. The normalized spacial score (nSPS) is 9.67. The summed E-state index contributed by atoms with van der Waals surface area (Å²) in [7, 11) is 0. The molecule has 0 spiro atoms. The van der Waals surface area contributed by atoms with E-state index >= 15 is 0 Å². The van der Waals surface area contributed by atoms with E-state index in [9.17, 15) is 9.59 Å². The van der Waals surface area contributed by atoms with Crippen LogP contribution in [0.5, 0.6) is 0 Å². The zero-order chi connectivity index (χ0) is 12.4. The second-order valence-electron chi connectivity index (χ2n) is 2.77. The number of rotatable bonds is 4. The molecule has 5 nitrogen and oxygen atoms in total. The molecule has 0 radical (unpaired) electrons. The molecule has 0 aliphatic heterocycles. The van der Waals surface area contributed by atoms with E-state index in [2.05, 4.69) is 6.58 Å². The quantitative estimate of drug-likeness (QED) is 0.525. The lowest BCUT2D eigenvalue weighted by atomic mass is 10.3. The van der Waals surface area contributed by atoms with Crippen LogP contribution in [0, 0.1) is 0 Å². The summed E-state index contributed by atoms with van der Waals surface area (Å²) >= 11 is 0. The molecule has 0 fully saturated rings. The van der Waals surface area contributed by atoms with E-state index in [4.69, 9.17) is 16.2 Å². The summed E-state index contributed by atoms with van der Waals surface area (Å²) in [5.74, 6) is -0.876. The zero-order valence-corrected chi connectivity index (χ0v) is 9.37. The Kier molecular flexibility index (Phi) is 9.20. The molecule has 5 heteroatoms. The average molecular weight is 214 g/mol. The molecule has 4 N–H and O–H groups in total. The third-order valence-electron chi connectivity index (χ3n) is 1.24. The highest BCUT2D eigenvalue weighted by atomic mass is 16.5. The lowest BCUT2D eigenvalue weighted by molar-refractivity contribution is -0.115.